The number of nitrogens with zero attached hydrogens (tertiary/aromatic N) is 1. The highest BCUT2D eigenvalue weighted by molar-refractivity contribution is 6.30. The Balaban J connectivity index is 1.87. The number of carboxylic acid groups (broad SMARTS) is 1. The fourth-order valence-corrected chi connectivity index (χ4v) is 2.52. The van der Waals surface area contributed by atoms with Crippen molar-refractivity contribution in [1.82, 2.24) is 10.2 Å². The first-order chi connectivity index (χ1) is 9.56. The maximum Gasteiger partial charge on any atom is 0.317 e. The first-order valence-electron chi connectivity index (χ1n) is 6.57. The van der Waals surface area contributed by atoms with Crippen LogP contribution in [0.3, 0.4) is 0 Å². The van der Waals surface area contributed by atoms with E-state index in [9.17, 15) is 9.59 Å². The average Bonchev–Trinajstić information content (AvgIpc) is 2.85. The van der Waals surface area contributed by atoms with E-state index in [4.69, 9.17) is 16.7 Å². The van der Waals surface area contributed by atoms with Crippen LogP contribution in [0, 0.1) is 0 Å². The van der Waals surface area contributed by atoms with Crippen molar-refractivity contribution >= 4 is 23.6 Å². The van der Waals surface area contributed by atoms with Gasteiger partial charge in [0, 0.05) is 24.2 Å². The third kappa shape index (κ3) is 3.87. The standard InChI is InChI=1S/C14H17ClN2O3/c15-11-5-3-10(4-6-11)9-16-14(20)17-7-1-2-12(17)8-13(18)19/h3-6,12H,1-2,7-9H2,(H,16,20)(H,18,19). The number of hydrogen-bond acceptors (Lipinski definition) is 2. The van der Waals surface area contributed by atoms with Crippen LogP contribution in [0.25, 0.3) is 0 Å². The average molecular weight is 297 g/mol. The molecule has 0 saturated carbocycles. The first kappa shape index (κ1) is 14.7. The van der Waals surface area contributed by atoms with Crippen molar-refractivity contribution in [1.29, 1.82) is 0 Å². The predicted molar refractivity (Wildman–Crippen MR) is 75.7 cm³/mol. The van der Waals surface area contributed by atoms with Gasteiger partial charge in [-0.05, 0) is 30.5 Å². The molecule has 0 bridgehead atoms. The Bertz CT molecular complexity index is 490. The van der Waals surface area contributed by atoms with Crippen LogP contribution < -0.4 is 5.32 Å². The Kier molecular flexibility index (Phi) is 4.84. The third-order valence-electron chi connectivity index (χ3n) is 3.41. The summed E-state index contributed by atoms with van der Waals surface area (Å²) < 4.78 is 0. The Morgan fingerprint density at radius 2 is 2.05 bits per heavy atom. The molecule has 2 rings (SSSR count). The number of nitrogens with one attached hydrogen (secondary N) is 1. The maximum atomic E-state index is 12.1. The number of carboxylic acids is 1. The molecule has 0 spiro atoms. The van der Waals surface area contributed by atoms with E-state index in [1.54, 1.807) is 17.0 Å². The summed E-state index contributed by atoms with van der Waals surface area (Å²) in [7, 11) is 0. The van der Waals surface area contributed by atoms with Crippen molar-refractivity contribution in [2.24, 2.45) is 0 Å². The zero-order valence-electron chi connectivity index (χ0n) is 11.0. The normalized spacial score (nSPS) is 18.1. The van der Waals surface area contributed by atoms with E-state index in [1.807, 2.05) is 12.1 Å². The number of carbonyl (C=O) groups is 2. The summed E-state index contributed by atoms with van der Waals surface area (Å²) in [5.74, 6) is -0.868. The molecule has 0 aromatic heterocycles. The number of rotatable bonds is 4. The predicted octanol–water partition coefficient (Wildman–Crippen LogP) is 2.49. The van der Waals surface area contributed by atoms with E-state index in [0.717, 1.165) is 18.4 Å². The molecule has 1 atom stereocenters. The van der Waals surface area contributed by atoms with Crippen LogP contribution in [0.15, 0.2) is 24.3 Å². The van der Waals surface area contributed by atoms with E-state index in [0.29, 0.717) is 18.1 Å². The van der Waals surface area contributed by atoms with Gasteiger partial charge in [0.1, 0.15) is 0 Å². The summed E-state index contributed by atoms with van der Waals surface area (Å²) in [6.07, 6.45) is 1.61. The first-order valence-corrected chi connectivity index (χ1v) is 6.95. The second-order valence-corrected chi connectivity index (χ2v) is 5.31. The number of amides is 2. The van der Waals surface area contributed by atoms with E-state index in [2.05, 4.69) is 5.32 Å². The van der Waals surface area contributed by atoms with Gasteiger partial charge in [-0.2, -0.15) is 0 Å². The lowest BCUT2D eigenvalue weighted by molar-refractivity contribution is -0.137. The molecular formula is C14H17ClN2O3. The topological polar surface area (TPSA) is 69.6 Å². The molecule has 5 nitrogen and oxygen atoms in total. The molecule has 1 aliphatic rings. The van der Waals surface area contributed by atoms with Crippen LogP contribution in [0.2, 0.25) is 5.02 Å². The molecule has 6 heteroatoms. The quantitative estimate of drug-likeness (QED) is 0.897. The van der Waals surface area contributed by atoms with E-state index in [1.165, 1.54) is 0 Å². The Morgan fingerprint density at radius 1 is 1.35 bits per heavy atom. The van der Waals surface area contributed by atoms with Crippen molar-refractivity contribution in [2.75, 3.05) is 6.54 Å². The summed E-state index contributed by atoms with van der Waals surface area (Å²) in [6.45, 7) is 1.02. The summed E-state index contributed by atoms with van der Waals surface area (Å²) >= 11 is 5.79. The SMILES string of the molecule is O=C(O)CC1CCCN1C(=O)NCc1ccc(Cl)cc1. The van der Waals surface area contributed by atoms with E-state index >= 15 is 0 Å². The van der Waals surface area contributed by atoms with Gasteiger partial charge in [0.05, 0.1) is 6.42 Å². The molecule has 2 N–H and O–H groups in total. The van der Waals surface area contributed by atoms with Crippen LogP contribution in [0.1, 0.15) is 24.8 Å². The van der Waals surface area contributed by atoms with Gasteiger partial charge in [-0.1, -0.05) is 23.7 Å². The lowest BCUT2D eigenvalue weighted by atomic mass is 10.1. The number of hydrogen-bond donors (Lipinski definition) is 2. The third-order valence-corrected chi connectivity index (χ3v) is 3.66. The fourth-order valence-electron chi connectivity index (χ4n) is 2.40. The number of likely N-dealkylation sites (tertiary alicyclic amines) is 1. The van der Waals surface area contributed by atoms with Gasteiger partial charge >= 0.3 is 12.0 Å². The minimum atomic E-state index is -0.868. The lowest BCUT2D eigenvalue weighted by Gasteiger charge is -2.23. The van der Waals surface area contributed by atoms with Gasteiger partial charge in [-0.15, -0.1) is 0 Å². The molecule has 2 amide bonds. The number of urea groups is 1. The van der Waals surface area contributed by atoms with Gasteiger partial charge in [-0.3, -0.25) is 4.79 Å². The lowest BCUT2D eigenvalue weighted by Crippen LogP contribution is -2.43. The minimum Gasteiger partial charge on any atom is -0.481 e. The molecule has 1 unspecified atom stereocenters. The summed E-state index contributed by atoms with van der Waals surface area (Å²) in [6, 6.07) is 6.84. The number of carbonyl (C=O) groups excluding carboxylic acids is 1. The van der Waals surface area contributed by atoms with Gasteiger partial charge in [0.2, 0.25) is 0 Å². The van der Waals surface area contributed by atoms with Crippen molar-refractivity contribution in [3.8, 4) is 0 Å². The zero-order valence-corrected chi connectivity index (χ0v) is 11.8. The number of benzene rings is 1. The largest absolute Gasteiger partial charge is 0.481 e. The second kappa shape index (κ2) is 6.61. The summed E-state index contributed by atoms with van der Waals surface area (Å²) in [4.78, 5) is 24.5. The minimum absolute atomic E-state index is 0.00830. The number of aliphatic carboxylic acids is 1. The van der Waals surface area contributed by atoms with Gasteiger partial charge in [0.25, 0.3) is 0 Å². The molecule has 108 valence electrons. The molecule has 1 aromatic rings. The Morgan fingerprint density at radius 3 is 2.70 bits per heavy atom. The molecule has 20 heavy (non-hydrogen) atoms. The molecule has 0 radical (unpaired) electrons. The highest BCUT2D eigenvalue weighted by Gasteiger charge is 2.30. The molecule has 0 aliphatic carbocycles. The van der Waals surface area contributed by atoms with Crippen molar-refractivity contribution in [3.05, 3.63) is 34.9 Å². The molecule has 1 aromatic carbocycles. The van der Waals surface area contributed by atoms with E-state index in [-0.39, 0.29) is 18.5 Å². The van der Waals surface area contributed by atoms with E-state index < -0.39 is 5.97 Å². The smallest absolute Gasteiger partial charge is 0.317 e. The van der Waals surface area contributed by atoms with Crippen molar-refractivity contribution in [2.45, 2.75) is 31.8 Å². The van der Waals surface area contributed by atoms with Crippen LogP contribution in [0.5, 0.6) is 0 Å². The van der Waals surface area contributed by atoms with Crippen LogP contribution in [-0.2, 0) is 11.3 Å². The van der Waals surface area contributed by atoms with Crippen LogP contribution in [-0.4, -0.2) is 34.6 Å². The summed E-state index contributed by atoms with van der Waals surface area (Å²) in [5.41, 5.74) is 0.955. The van der Waals surface area contributed by atoms with Gasteiger partial charge in [-0.25, -0.2) is 4.79 Å². The molecule has 1 saturated heterocycles. The number of halogens is 1. The second-order valence-electron chi connectivity index (χ2n) is 4.87. The molecule has 1 fully saturated rings. The van der Waals surface area contributed by atoms with Crippen molar-refractivity contribution < 1.29 is 14.7 Å². The highest BCUT2D eigenvalue weighted by atomic mass is 35.5. The summed E-state index contributed by atoms with van der Waals surface area (Å²) in [5, 5.41) is 12.3. The highest BCUT2D eigenvalue weighted by Crippen LogP contribution is 2.20. The Hall–Kier alpha value is -1.75. The van der Waals surface area contributed by atoms with Gasteiger partial charge in [0.15, 0.2) is 0 Å². The van der Waals surface area contributed by atoms with Gasteiger partial charge < -0.3 is 15.3 Å². The van der Waals surface area contributed by atoms with Crippen LogP contribution >= 0.6 is 11.6 Å². The Labute approximate surface area is 122 Å². The fraction of sp³-hybridized carbons (Fsp3) is 0.429. The zero-order chi connectivity index (χ0) is 14.5. The maximum absolute atomic E-state index is 12.1. The van der Waals surface area contributed by atoms with Crippen molar-refractivity contribution in [3.63, 3.8) is 0 Å². The monoisotopic (exact) mass is 296 g/mol. The molecule has 1 aliphatic heterocycles. The van der Waals surface area contributed by atoms with Crippen LogP contribution in [0.4, 0.5) is 4.79 Å². The molecule has 1 heterocycles. The molecular weight excluding hydrogens is 280 g/mol.